The van der Waals surface area contributed by atoms with Crippen LogP contribution in [-0.4, -0.2) is 11.7 Å². The third-order valence-electron chi connectivity index (χ3n) is 4.83. The molecule has 3 heteroatoms. The standard InChI is InChI=1S/C15H20BrNO/c16-13-11-5-3-4-10(11)8-12(14(13)18)15(9-17)6-1-2-7-15/h8,18H,1-7,9,17H2. The second-order valence-corrected chi connectivity index (χ2v) is 6.56. The van der Waals surface area contributed by atoms with Gasteiger partial charge in [-0.1, -0.05) is 18.9 Å². The first-order valence-corrected chi connectivity index (χ1v) is 7.71. The van der Waals surface area contributed by atoms with Gasteiger partial charge in [-0.25, -0.2) is 0 Å². The van der Waals surface area contributed by atoms with Crippen LogP contribution in [0.1, 0.15) is 48.8 Å². The lowest BCUT2D eigenvalue weighted by Crippen LogP contribution is -2.32. The molecule has 0 heterocycles. The molecule has 2 aliphatic rings. The van der Waals surface area contributed by atoms with Gasteiger partial charge >= 0.3 is 0 Å². The molecule has 0 atom stereocenters. The number of fused-ring (bicyclic) bond motifs is 1. The van der Waals surface area contributed by atoms with Crippen LogP contribution in [0.5, 0.6) is 5.75 Å². The molecule has 0 amide bonds. The molecule has 1 fully saturated rings. The van der Waals surface area contributed by atoms with Crippen molar-refractivity contribution in [2.75, 3.05) is 6.54 Å². The van der Waals surface area contributed by atoms with E-state index in [2.05, 4.69) is 22.0 Å². The molecule has 0 unspecified atom stereocenters. The van der Waals surface area contributed by atoms with E-state index in [0.717, 1.165) is 35.7 Å². The van der Waals surface area contributed by atoms with Gasteiger partial charge in [0.2, 0.25) is 0 Å². The van der Waals surface area contributed by atoms with E-state index in [9.17, 15) is 5.11 Å². The predicted molar refractivity (Wildman–Crippen MR) is 77.0 cm³/mol. The van der Waals surface area contributed by atoms with Gasteiger partial charge in [-0.2, -0.15) is 0 Å². The number of hydrogen-bond acceptors (Lipinski definition) is 2. The van der Waals surface area contributed by atoms with Crippen molar-refractivity contribution in [3.8, 4) is 5.75 Å². The lowest BCUT2D eigenvalue weighted by Gasteiger charge is -2.30. The average molecular weight is 310 g/mol. The number of nitrogens with two attached hydrogens (primary N) is 1. The fourth-order valence-corrected chi connectivity index (χ4v) is 4.39. The minimum absolute atomic E-state index is 0.0181. The van der Waals surface area contributed by atoms with Crippen LogP contribution in [0.15, 0.2) is 10.5 Å². The number of hydrogen-bond donors (Lipinski definition) is 2. The molecule has 0 aliphatic heterocycles. The Balaban J connectivity index is 2.15. The zero-order chi connectivity index (χ0) is 12.8. The van der Waals surface area contributed by atoms with Crippen LogP contribution in [0.2, 0.25) is 0 Å². The summed E-state index contributed by atoms with van der Waals surface area (Å²) in [6, 6.07) is 2.24. The van der Waals surface area contributed by atoms with E-state index in [4.69, 9.17) is 5.73 Å². The first-order chi connectivity index (χ1) is 8.68. The van der Waals surface area contributed by atoms with Crippen molar-refractivity contribution in [2.45, 2.75) is 50.4 Å². The number of halogens is 1. The van der Waals surface area contributed by atoms with Crippen molar-refractivity contribution in [3.05, 3.63) is 27.2 Å². The molecule has 2 nitrogen and oxygen atoms in total. The second-order valence-electron chi connectivity index (χ2n) is 5.77. The van der Waals surface area contributed by atoms with E-state index >= 15 is 0 Å². The van der Waals surface area contributed by atoms with Crippen molar-refractivity contribution in [1.29, 1.82) is 0 Å². The zero-order valence-electron chi connectivity index (χ0n) is 10.6. The van der Waals surface area contributed by atoms with E-state index in [1.807, 2.05) is 0 Å². The Kier molecular flexibility index (Phi) is 3.15. The van der Waals surface area contributed by atoms with Crippen LogP contribution in [0.3, 0.4) is 0 Å². The number of aryl methyl sites for hydroxylation is 1. The number of phenols is 1. The van der Waals surface area contributed by atoms with Crippen LogP contribution in [0.4, 0.5) is 0 Å². The molecule has 0 radical (unpaired) electrons. The summed E-state index contributed by atoms with van der Waals surface area (Å²) in [5.74, 6) is 0.447. The summed E-state index contributed by atoms with van der Waals surface area (Å²) in [6.07, 6.45) is 8.11. The lowest BCUT2D eigenvalue weighted by molar-refractivity contribution is 0.403. The lowest BCUT2D eigenvalue weighted by atomic mass is 9.77. The van der Waals surface area contributed by atoms with Gasteiger partial charge in [0.1, 0.15) is 5.75 Å². The van der Waals surface area contributed by atoms with Gasteiger partial charge in [0.25, 0.3) is 0 Å². The van der Waals surface area contributed by atoms with Crippen LogP contribution in [-0.2, 0) is 18.3 Å². The first kappa shape index (κ1) is 12.5. The smallest absolute Gasteiger partial charge is 0.133 e. The van der Waals surface area contributed by atoms with Crippen LogP contribution in [0.25, 0.3) is 0 Å². The molecule has 18 heavy (non-hydrogen) atoms. The summed E-state index contributed by atoms with van der Waals surface area (Å²) >= 11 is 3.59. The number of benzene rings is 1. The summed E-state index contributed by atoms with van der Waals surface area (Å²) in [7, 11) is 0. The van der Waals surface area contributed by atoms with Gasteiger partial charge in [-0.3, -0.25) is 0 Å². The molecule has 0 bridgehead atoms. The van der Waals surface area contributed by atoms with Crippen LogP contribution >= 0.6 is 15.9 Å². The minimum atomic E-state index is 0.0181. The van der Waals surface area contributed by atoms with Gasteiger partial charge in [-0.05, 0) is 59.2 Å². The van der Waals surface area contributed by atoms with Crippen molar-refractivity contribution in [2.24, 2.45) is 5.73 Å². The molecule has 0 saturated heterocycles. The van der Waals surface area contributed by atoms with Crippen LogP contribution in [0, 0.1) is 0 Å². The largest absolute Gasteiger partial charge is 0.506 e. The summed E-state index contributed by atoms with van der Waals surface area (Å²) < 4.78 is 0.923. The van der Waals surface area contributed by atoms with Crippen molar-refractivity contribution < 1.29 is 5.11 Å². The van der Waals surface area contributed by atoms with E-state index in [-0.39, 0.29) is 5.41 Å². The number of phenolic OH excluding ortho intramolecular Hbond substituents is 1. The van der Waals surface area contributed by atoms with Gasteiger partial charge in [0.15, 0.2) is 0 Å². The molecule has 3 rings (SSSR count). The fourth-order valence-electron chi connectivity index (χ4n) is 3.72. The summed E-state index contributed by atoms with van der Waals surface area (Å²) in [5, 5.41) is 10.5. The Morgan fingerprint density at radius 1 is 1.22 bits per heavy atom. The Morgan fingerprint density at radius 2 is 1.94 bits per heavy atom. The highest BCUT2D eigenvalue weighted by Gasteiger charge is 2.38. The Hall–Kier alpha value is -0.540. The molecule has 98 valence electrons. The molecule has 1 aromatic rings. The average Bonchev–Trinajstić information content (AvgIpc) is 3.02. The SMILES string of the molecule is NCC1(c2cc3c(c(Br)c2O)CCC3)CCCC1. The third kappa shape index (κ3) is 1.71. The highest BCUT2D eigenvalue weighted by atomic mass is 79.9. The summed E-state index contributed by atoms with van der Waals surface area (Å²) in [6.45, 7) is 0.645. The highest BCUT2D eigenvalue weighted by molar-refractivity contribution is 9.10. The topological polar surface area (TPSA) is 46.2 Å². The summed E-state index contributed by atoms with van der Waals surface area (Å²) in [5.41, 5.74) is 9.87. The predicted octanol–water partition coefficient (Wildman–Crippen LogP) is 3.41. The van der Waals surface area contributed by atoms with E-state index in [0.29, 0.717) is 12.3 Å². The quantitative estimate of drug-likeness (QED) is 0.879. The van der Waals surface area contributed by atoms with Crippen molar-refractivity contribution >= 4 is 15.9 Å². The summed E-state index contributed by atoms with van der Waals surface area (Å²) in [4.78, 5) is 0. The van der Waals surface area contributed by atoms with E-state index in [1.165, 1.54) is 30.4 Å². The highest BCUT2D eigenvalue weighted by Crippen LogP contribution is 2.48. The fraction of sp³-hybridized carbons (Fsp3) is 0.600. The molecule has 1 saturated carbocycles. The maximum absolute atomic E-state index is 10.5. The van der Waals surface area contributed by atoms with E-state index < -0.39 is 0 Å². The molecule has 2 aliphatic carbocycles. The van der Waals surface area contributed by atoms with Crippen molar-refractivity contribution in [1.82, 2.24) is 0 Å². The first-order valence-electron chi connectivity index (χ1n) is 6.92. The van der Waals surface area contributed by atoms with Gasteiger partial charge in [0.05, 0.1) is 4.47 Å². The molecular weight excluding hydrogens is 290 g/mol. The van der Waals surface area contributed by atoms with E-state index in [1.54, 1.807) is 0 Å². The maximum atomic E-state index is 10.5. The van der Waals surface area contributed by atoms with Gasteiger partial charge in [0, 0.05) is 17.5 Å². The minimum Gasteiger partial charge on any atom is -0.506 e. The molecular formula is C15H20BrNO. The molecule has 0 spiro atoms. The molecule has 0 aromatic heterocycles. The maximum Gasteiger partial charge on any atom is 0.133 e. The van der Waals surface area contributed by atoms with Gasteiger partial charge in [-0.15, -0.1) is 0 Å². The molecule has 1 aromatic carbocycles. The van der Waals surface area contributed by atoms with Gasteiger partial charge < -0.3 is 10.8 Å². The Morgan fingerprint density at radius 3 is 2.61 bits per heavy atom. The number of aromatic hydroxyl groups is 1. The Labute approximate surface area is 117 Å². The number of rotatable bonds is 2. The third-order valence-corrected chi connectivity index (χ3v) is 5.68. The van der Waals surface area contributed by atoms with Crippen molar-refractivity contribution in [3.63, 3.8) is 0 Å². The zero-order valence-corrected chi connectivity index (χ0v) is 12.2. The second kappa shape index (κ2) is 4.53. The van der Waals surface area contributed by atoms with Crippen LogP contribution < -0.4 is 5.73 Å². The normalized spacial score (nSPS) is 21.2. The Bertz CT molecular complexity index is 478. The molecule has 3 N–H and O–H groups in total. The monoisotopic (exact) mass is 309 g/mol.